The Hall–Kier alpha value is -0.890. The zero-order chi connectivity index (χ0) is 11.6. The molecule has 0 aliphatic heterocycles. The smallest absolute Gasteiger partial charge is 0.123 e. The van der Waals surface area contributed by atoms with Crippen molar-refractivity contribution in [3.63, 3.8) is 0 Å². The molecule has 88 valence electrons. The highest BCUT2D eigenvalue weighted by Crippen LogP contribution is 2.39. The van der Waals surface area contributed by atoms with Crippen LogP contribution in [-0.2, 0) is 5.54 Å². The van der Waals surface area contributed by atoms with Gasteiger partial charge in [0.25, 0.3) is 0 Å². The first-order valence-electron chi connectivity index (χ1n) is 6.19. The van der Waals surface area contributed by atoms with Crippen molar-refractivity contribution >= 4 is 0 Å². The quantitative estimate of drug-likeness (QED) is 0.811. The summed E-state index contributed by atoms with van der Waals surface area (Å²) in [4.78, 5) is 0. The lowest BCUT2D eigenvalue weighted by atomic mass is 9.72. The summed E-state index contributed by atoms with van der Waals surface area (Å²) >= 11 is 0. The number of nitrogens with two attached hydrogens (primary N) is 1. The molecule has 1 aliphatic carbocycles. The highest BCUT2D eigenvalue weighted by atomic mass is 19.1. The number of benzene rings is 1. The van der Waals surface area contributed by atoms with E-state index < -0.39 is 0 Å². The lowest BCUT2D eigenvalue weighted by Crippen LogP contribution is -2.41. The molecule has 0 saturated heterocycles. The highest BCUT2D eigenvalue weighted by molar-refractivity contribution is 5.25. The molecule has 1 fully saturated rings. The molecule has 1 aliphatic rings. The molecule has 16 heavy (non-hydrogen) atoms. The second-order valence-electron chi connectivity index (χ2n) is 5.04. The monoisotopic (exact) mass is 221 g/mol. The van der Waals surface area contributed by atoms with Crippen molar-refractivity contribution in [1.82, 2.24) is 0 Å². The van der Waals surface area contributed by atoms with Crippen LogP contribution in [0.1, 0.15) is 44.6 Å². The van der Waals surface area contributed by atoms with Gasteiger partial charge in [-0.2, -0.15) is 0 Å². The number of halogens is 1. The number of hydrogen-bond donors (Lipinski definition) is 1. The van der Waals surface area contributed by atoms with Crippen molar-refractivity contribution in [2.24, 2.45) is 11.7 Å². The maximum atomic E-state index is 13.2. The molecule has 0 aromatic heterocycles. The molecule has 2 rings (SSSR count). The molecule has 0 heterocycles. The van der Waals surface area contributed by atoms with Crippen molar-refractivity contribution < 1.29 is 4.39 Å². The molecule has 1 aromatic rings. The van der Waals surface area contributed by atoms with Crippen LogP contribution in [0.5, 0.6) is 0 Å². The van der Waals surface area contributed by atoms with E-state index in [1.807, 2.05) is 6.07 Å². The lowest BCUT2D eigenvalue weighted by Gasteiger charge is -2.38. The number of rotatable bonds is 2. The van der Waals surface area contributed by atoms with Gasteiger partial charge >= 0.3 is 0 Å². The Morgan fingerprint density at radius 3 is 3.00 bits per heavy atom. The van der Waals surface area contributed by atoms with Gasteiger partial charge in [-0.05, 0) is 36.5 Å². The zero-order valence-corrected chi connectivity index (χ0v) is 9.88. The van der Waals surface area contributed by atoms with E-state index in [2.05, 4.69) is 6.92 Å². The second kappa shape index (κ2) is 4.54. The van der Waals surface area contributed by atoms with Crippen LogP contribution in [0, 0.1) is 11.7 Å². The van der Waals surface area contributed by atoms with Gasteiger partial charge in [0.05, 0.1) is 0 Å². The zero-order valence-electron chi connectivity index (χ0n) is 9.88. The van der Waals surface area contributed by atoms with Crippen molar-refractivity contribution in [3.05, 3.63) is 35.6 Å². The molecule has 2 heteroatoms. The minimum absolute atomic E-state index is 0.180. The minimum Gasteiger partial charge on any atom is -0.321 e. The molecule has 0 radical (unpaired) electrons. The molecule has 0 bridgehead atoms. The summed E-state index contributed by atoms with van der Waals surface area (Å²) in [6.07, 6.45) is 5.57. The average molecular weight is 221 g/mol. The summed E-state index contributed by atoms with van der Waals surface area (Å²) < 4.78 is 13.2. The first-order valence-corrected chi connectivity index (χ1v) is 6.19. The maximum absolute atomic E-state index is 13.2. The molecule has 1 nitrogen and oxygen atoms in total. The van der Waals surface area contributed by atoms with Crippen molar-refractivity contribution in [1.29, 1.82) is 0 Å². The third kappa shape index (κ3) is 2.27. The van der Waals surface area contributed by atoms with Crippen LogP contribution in [-0.4, -0.2) is 0 Å². The SMILES string of the molecule is CCC1CCCC(N)(c2cccc(F)c2)C1. The molecule has 0 spiro atoms. The van der Waals surface area contributed by atoms with Gasteiger partial charge in [-0.3, -0.25) is 0 Å². The van der Waals surface area contributed by atoms with Gasteiger partial charge in [-0.15, -0.1) is 0 Å². The van der Waals surface area contributed by atoms with E-state index in [0.29, 0.717) is 5.92 Å². The van der Waals surface area contributed by atoms with Crippen LogP contribution in [0.15, 0.2) is 24.3 Å². The first kappa shape index (κ1) is 11.6. The lowest BCUT2D eigenvalue weighted by molar-refractivity contribution is 0.221. The van der Waals surface area contributed by atoms with E-state index >= 15 is 0 Å². The van der Waals surface area contributed by atoms with Gasteiger partial charge in [0.1, 0.15) is 5.82 Å². The predicted octanol–water partition coefficient (Wildman–Crippen LogP) is 3.58. The second-order valence-corrected chi connectivity index (χ2v) is 5.04. The predicted molar refractivity (Wildman–Crippen MR) is 64.5 cm³/mol. The molecular formula is C14H20FN. The fourth-order valence-electron chi connectivity index (χ4n) is 2.83. The fraction of sp³-hybridized carbons (Fsp3) is 0.571. The van der Waals surface area contributed by atoms with Gasteiger partial charge in [-0.25, -0.2) is 4.39 Å². The first-order chi connectivity index (χ1) is 7.64. The van der Waals surface area contributed by atoms with Crippen LogP contribution in [0.4, 0.5) is 4.39 Å². The molecule has 0 amide bonds. The van der Waals surface area contributed by atoms with Crippen LogP contribution in [0.3, 0.4) is 0 Å². The summed E-state index contributed by atoms with van der Waals surface area (Å²) in [5.41, 5.74) is 7.11. The van der Waals surface area contributed by atoms with Crippen molar-refractivity contribution in [3.8, 4) is 0 Å². The van der Waals surface area contributed by atoms with E-state index in [9.17, 15) is 4.39 Å². The Balaban J connectivity index is 2.23. The van der Waals surface area contributed by atoms with Gasteiger partial charge < -0.3 is 5.73 Å². The Morgan fingerprint density at radius 2 is 2.31 bits per heavy atom. The summed E-state index contributed by atoms with van der Waals surface area (Å²) in [5, 5.41) is 0. The Kier molecular flexibility index (Phi) is 3.29. The van der Waals surface area contributed by atoms with Gasteiger partial charge in [0.2, 0.25) is 0 Å². The van der Waals surface area contributed by atoms with Gasteiger partial charge in [-0.1, -0.05) is 38.3 Å². The Morgan fingerprint density at radius 1 is 1.50 bits per heavy atom. The standard InChI is InChI=1S/C14H20FN/c1-2-11-5-4-8-14(16,10-11)12-6-3-7-13(15)9-12/h3,6-7,9,11H,2,4-5,8,10,16H2,1H3. The average Bonchev–Trinajstić information content (AvgIpc) is 2.29. The van der Waals surface area contributed by atoms with Crippen molar-refractivity contribution in [2.45, 2.75) is 44.6 Å². The summed E-state index contributed by atoms with van der Waals surface area (Å²) in [6, 6.07) is 6.79. The van der Waals surface area contributed by atoms with Crippen LogP contribution >= 0.6 is 0 Å². The Bertz CT molecular complexity index is 364. The number of hydrogen-bond acceptors (Lipinski definition) is 1. The topological polar surface area (TPSA) is 26.0 Å². The van der Waals surface area contributed by atoms with E-state index in [1.165, 1.54) is 18.9 Å². The summed E-state index contributed by atoms with van der Waals surface area (Å²) in [6.45, 7) is 2.21. The molecule has 2 N–H and O–H groups in total. The highest BCUT2D eigenvalue weighted by Gasteiger charge is 2.33. The summed E-state index contributed by atoms with van der Waals surface area (Å²) in [7, 11) is 0. The largest absolute Gasteiger partial charge is 0.321 e. The molecule has 2 unspecified atom stereocenters. The van der Waals surface area contributed by atoms with Crippen molar-refractivity contribution in [2.75, 3.05) is 0 Å². The molecule has 1 saturated carbocycles. The van der Waals surface area contributed by atoms with E-state index in [1.54, 1.807) is 12.1 Å². The van der Waals surface area contributed by atoms with Crippen LogP contribution in [0.2, 0.25) is 0 Å². The minimum atomic E-state index is -0.305. The van der Waals surface area contributed by atoms with Crippen LogP contribution < -0.4 is 5.73 Å². The van der Waals surface area contributed by atoms with Gasteiger partial charge in [0, 0.05) is 5.54 Å². The van der Waals surface area contributed by atoms with Gasteiger partial charge in [0.15, 0.2) is 0 Å². The maximum Gasteiger partial charge on any atom is 0.123 e. The molecule has 2 atom stereocenters. The molecular weight excluding hydrogens is 201 g/mol. The third-order valence-corrected chi connectivity index (χ3v) is 3.87. The fourth-order valence-corrected chi connectivity index (χ4v) is 2.83. The van der Waals surface area contributed by atoms with Crippen LogP contribution in [0.25, 0.3) is 0 Å². The van der Waals surface area contributed by atoms with E-state index in [4.69, 9.17) is 5.73 Å². The normalized spacial score (nSPS) is 30.3. The third-order valence-electron chi connectivity index (χ3n) is 3.87. The summed E-state index contributed by atoms with van der Waals surface area (Å²) in [5.74, 6) is 0.517. The van der Waals surface area contributed by atoms with E-state index in [0.717, 1.165) is 24.8 Å². The van der Waals surface area contributed by atoms with E-state index in [-0.39, 0.29) is 11.4 Å². The Labute approximate surface area is 96.9 Å². The molecule has 1 aromatic carbocycles.